The summed E-state index contributed by atoms with van der Waals surface area (Å²) >= 11 is 1.93. The molecule has 1 amide bonds. The van der Waals surface area contributed by atoms with Gasteiger partial charge in [0.15, 0.2) is 17.5 Å². The number of carbonyl (C=O) groups is 1. The Morgan fingerprint density at radius 2 is 1.71 bits per heavy atom. The fraction of sp³-hybridized carbons (Fsp3) is 0.588. The zero-order valence-corrected chi connectivity index (χ0v) is 14.2. The highest BCUT2D eigenvalue weighted by atomic mass is 32.2. The molecule has 0 aromatic heterocycles. The zero-order valence-electron chi connectivity index (χ0n) is 13.4. The van der Waals surface area contributed by atoms with Gasteiger partial charge >= 0.3 is 0 Å². The van der Waals surface area contributed by atoms with Gasteiger partial charge in [0.1, 0.15) is 0 Å². The third-order valence-corrected chi connectivity index (χ3v) is 5.98. The van der Waals surface area contributed by atoms with Crippen molar-refractivity contribution in [2.75, 3.05) is 31.1 Å². The first kappa shape index (κ1) is 17.6. The molecule has 1 aromatic rings. The third-order valence-electron chi connectivity index (χ3n) is 5.04. The van der Waals surface area contributed by atoms with E-state index in [1.165, 1.54) is 0 Å². The number of nitrogens with zero attached hydrogens (tertiary/aromatic N) is 1. The van der Waals surface area contributed by atoms with Crippen molar-refractivity contribution < 1.29 is 18.0 Å². The Morgan fingerprint density at radius 3 is 2.29 bits per heavy atom. The zero-order chi connectivity index (χ0) is 17.2. The topological polar surface area (TPSA) is 32.3 Å². The lowest BCUT2D eigenvalue weighted by Gasteiger charge is -2.43. The molecule has 1 heterocycles. The largest absolute Gasteiger partial charge is 0.350 e. The van der Waals surface area contributed by atoms with E-state index in [2.05, 4.69) is 10.2 Å². The van der Waals surface area contributed by atoms with Crippen LogP contribution in [-0.2, 0) is 0 Å². The maximum Gasteiger partial charge on any atom is 0.251 e. The molecule has 1 aliphatic carbocycles. The van der Waals surface area contributed by atoms with Crippen LogP contribution in [0.3, 0.4) is 0 Å². The van der Waals surface area contributed by atoms with Gasteiger partial charge in [0.2, 0.25) is 0 Å². The molecule has 7 heteroatoms. The van der Waals surface area contributed by atoms with E-state index in [0.29, 0.717) is 6.54 Å². The van der Waals surface area contributed by atoms with Crippen LogP contribution in [0.1, 0.15) is 36.0 Å². The standard InChI is InChI=1S/C17H21F3N2OS/c18-13-9-12(10-14(19)15(13)20)16(23)21-11-17(3-1-2-4-17)22-5-7-24-8-6-22/h9-10H,1-8,11H2,(H,21,23). The molecule has 0 bridgehead atoms. The van der Waals surface area contributed by atoms with Crippen molar-refractivity contribution in [3.63, 3.8) is 0 Å². The highest BCUT2D eigenvalue weighted by Crippen LogP contribution is 2.36. The number of benzene rings is 1. The fourth-order valence-electron chi connectivity index (χ4n) is 3.71. The normalized spacial score (nSPS) is 21.0. The Morgan fingerprint density at radius 1 is 1.12 bits per heavy atom. The van der Waals surface area contributed by atoms with E-state index < -0.39 is 23.4 Å². The number of nitrogens with one attached hydrogen (secondary N) is 1. The molecule has 2 aliphatic rings. The van der Waals surface area contributed by atoms with Crippen LogP contribution in [0.4, 0.5) is 13.2 Å². The van der Waals surface area contributed by atoms with Crippen LogP contribution in [0, 0.1) is 17.5 Å². The molecule has 1 saturated heterocycles. The molecule has 0 radical (unpaired) electrons. The smallest absolute Gasteiger partial charge is 0.251 e. The summed E-state index contributed by atoms with van der Waals surface area (Å²) < 4.78 is 39.6. The summed E-state index contributed by atoms with van der Waals surface area (Å²) in [6.45, 7) is 2.46. The molecule has 1 saturated carbocycles. The van der Waals surface area contributed by atoms with Gasteiger partial charge in [-0.1, -0.05) is 12.8 Å². The number of hydrogen-bond donors (Lipinski definition) is 1. The molecule has 0 atom stereocenters. The van der Waals surface area contributed by atoms with Crippen LogP contribution in [0.15, 0.2) is 12.1 Å². The van der Waals surface area contributed by atoms with Crippen LogP contribution in [0.5, 0.6) is 0 Å². The van der Waals surface area contributed by atoms with Crippen molar-refractivity contribution in [3.8, 4) is 0 Å². The predicted octanol–water partition coefficient (Wildman–Crippen LogP) is 3.20. The van der Waals surface area contributed by atoms with Gasteiger partial charge in [0.05, 0.1) is 0 Å². The van der Waals surface area contributed by atoms with Crippen molar-refractivity contribution in [1.29, 1.82) is 0 Å². The van der Waals surface area contributed by atoms with Gasteiger partial charge in [-0.2, -0.15) is 11.8 Å². The second kappa shape index (κ2) is 7.35. The second-order valence-corrected chi connectivity index (χ2v) is 7.69. The Balaban J connectivity index is 1.69. The van der Waals surface area contributed by atoms with Crippen LogP contribution in [0.2, 0.25) is 0 Å². The number of carbonyl (C=O) groups excluding carboxylic acids is 1. The Kier molecular flexibility index (Phi) is 5.39. The summed E-state index contributed by atoms with van der Waals surface area (Å²) in [6.07, 6.45) is 4.28. The van der Waals surface area contributed by atoms with Crippen LogP contribution in [0.25, 0.3) is 0 Å². The molecule has 132 valence electrons. The molecule has 2 fully saturated rings. The molecule has 0 spiro atoms. The molecular formula is C17H21F3N2OS. The van der Waals surface area contributed by atoms with E-state index in [1.54, 1.807) is 0 Å². The maximum atomic E-state index is 13.3. The molecule has 1 N–H and O–H groups in total. The first-order chi connectivity index (χ1) is 11.5. The van der Waals surface area contributed by atoms with Gasteiger partial charge in [-0.05, 0) is 25.0 Å². The highest BCUT2D eigenvalue weighted by molar-refractivity contribution is 7.99. The first-order valence-corrected chi connectivity index (χ1v) is 9.43. The molecular weight excluding hydrogens is 337 g/mol. The molecule has 0 unspecified atom stereocenters. The van der Waals surface area contributed by atoms with Gasteiger partial charge < -0.3 is 5.32 Å². The van der Waals surface area contributed by atoms with Gasteiger partial charge in [0.25, 0.3) is 5.91 Å². The lowest BCUT2D eigenvalue weighted by atomic mass is 9.94. The van der Waals surface area contributed by atoms with Gasteiger partial charge in [-0.3, -0.25) is 9.69 Å². The number of halogens is 3. The van der Waals surface area contributed by atoms with Gasteiger partial charge in [-0.25, -0.2) is 13.2 Å². The maximum absolute atomic E-state index is 13.3. The molecule has 24 heavy (non-hydrogen) atoms. The van der Waals surface area contributed by atoms with Crippen LogP contribution >= 0.6 is 11.8 Å². The summed E-state index contributed by atoms with van der Waals surface area (Å²) in [5.41, 5.74) is -0.248. The SMILES string of the molecule is O=C(NCC1(N2CCSCC2)CCCC1)c1cc(F)c(F)c(F)c1. The molecule has 3 nitrogen and oxygen atoms in total. The van der Waals surface area contributed by atoms with Gasteiger partial charge in [0, 0.05) is 42.2 Å². The lowest BCUT2D eigenvalue weighted by molar-refractivity contribution is 0.0816. The minimum Gasteiger partial charge on any atom is -0.350 e. The quantitative estimate of drug-likeness (QED) is 0.839. The second-order valence-electron chi connectivity index (χ2n) is 6.47. The van der Waals surface area contributed by atoms with E-state index in [0.717, 1.165) is 62.4 Å². The van der Waals surface area contributed by atoms with Crippen molar-refractivity contribution >= 4 is 17.7 Å². The van der Waals surface area contributed by atoms with Crippen LogP contribution < -0.4 is 5.32 Å². The minimum atomic E-state index is -1.55. The highest BCUT2D eigenvalue weighted by Gasteiger charge is 2.40. The summed E-state index contributed by atoms with van der Waals surface area (Å²) in [5.74, 6) is -2.63. The first-order valence-electron chi connectivity index (χ1n) is 8.27. The van der Waals surface area contributed by atoms with Crippen molar-refractivity contribution in [2.24, 2.45) is 0 Å². The van der Waals surface area contributed by atoms with E-state index in [1.807, 2.05) is 11.8 Å². The molecule has 1 aliphatic heterocycles. The van der Waals surface area contributed by atoms with Crippen molar-refractivity contribution in [1.82, 2.24) is 10.2 Å². The lowest BCUT2D eigenvalue weighted by Crippen LogP contribution is -2.56. The Hall–Kier alpha value is -1.21. The molecule has 3 rings (SSSR count). The average molecular weight is 358 g/mol. The summed E-state index contributed by atoms with van der Waals surface area (Å²) in [4.78, 5) is 14.7. The van der Waals surface area contributed by atoms with Crippen molar-refractivity contribution in [2.45, 2.75) is 31.2 Å². The number of hydrogen-bond acceptors (Lipinski definition) is 3. The van der Waals surface area contributed by atoms with Gasteiger partial charge in [-0.15, -0.1) is 0 Å². The number of amides is 1. The summed E-state index contributed by atoms with van der Waals surface area (Å²) in [7, 11) is 0. The van der Waals surface area contributed by atoms with E-state index in [4.69, 9.17) is 0 Å². The number of thioether (sulfide) groups is 1. The van der Waals surface area contributed by atoms with E-state index in [-0.39, 0.29) is 11.1 Å². The van der Waals surface area contributed by atoms with E-state index >= 15 is 0 Å². The van der Waals surface area contributed by atoms with Crippen molar-refractivity contribution in [3.05, 3.63) is 35.1 Å². The fourth-order valence-corrected chi connectivity index (χ4v) is 4.61. The average Bonchev–Trinajstić information content (AvgIpc) is 3.08. The monoisotopic (exact) mass is 358 g/mol. The Bertz CT molecular complexity index is 591. The van der Waals surface area contributed by atoms with E-state index in [9.17, 15) is 18.0 Å². The minimum absolute atomic E-state index is 0.0617. The number of rotatable bonds is 4. The Labute approximate surface area is 144 Å². The molecule has 1 aromatic carbocycles. The third kappa shape index (κ3) is 3.57. The predicted molar refractivity (Wildman–Crippen MR) is 88.7 cm³/mol. The van der Waals surface area contributed by atoms with Crippen LogP contribution in [-0.4, -0.2) is 47.5 Å². The summed E-state index contributed by atoms with van der Waals surface area (Å²) in [5, 5.41) is 2.81. The summed E-state index contributed by atoms with van der Waals surface area (Å²) in [6, 6.07) is 1.49.